The minimum absolute atomic E-state index is 0.0676. The lowest BCUT2D eigenvalue weighted by molar-refractivity contribution is 0.0987. The average Bonchev–Trinajstić information content (AvgIpc) is 2.90. The van der Waals surface area contributed by atoms with Crippen molar-refractivity contribution >= 4 is 17.4 Å². The predicted molar refractivity (Wildman–Crippen MR) is 85.6 cm³/mol. The Morgan fingerprint density at radius 3 is 2.64 bits per heavy atom. The number of rotatable bonds is 4. The number of ketones is 1. The molecular formula is C17H14ClN3O. The van der Waals surface area contributed by atoms with E-state index in [0.29, 0.717) is 10.7 Å². The van der Waals surface area contributed by atoms with Crippen LogP contribution in [-0.4, -0.2) is 20.8 Å². The van der Waals surface area contributed by atoms with Gasteiger partial charge < -0.3 is 0 Å². The first-order chi connectivity index (χ1) is 10.6. The Morgan fingerprint density at radius 1 is 1.14 bits per heavy atom. The first-order valence-electron chi connectivity index (χ1n) is 6.90. The Morgan fingerprint density at radius 2 is 1.91 bits per heavy atom. The summed E-state index contributed by atoms with van der Waals surface area (Å²) in [6.45, 7) is 1.85. The molecule has 0 saturated heterocycles. The molecule has 1 heterocycles. The molecule has 4 nitrogen and oxygen atoms in total. The fourth-order valence-electron chi connectivity index (χ4n) is 2.32. The van der Waals surface area contributed by atoms with E-state index in [2.05, 4.69) is 10.3 Å². The third-order valence-corrected chi connectivity index (χ3v) is 3.65. The first kappa shape index (κ1) is 14.5. The maximum absolute atomic E-state index is 12.4. The van der Waals surface area contributed by atoms with Gasteiger partial charge in [0.2, 0.25) is 0 Å². The molecule has 1 aromatic heterocycles. The number of halogens is 1. The Bertz CT molecular complexity index is 812. The normalized spacial score (nSPS) is 10.6. The van der Waals surface area contributed by atoms with Gasteiger partial charge in [0.05, 0.1) is 11.4 Å². The Balaban J connectivity index is 1.87. The van der Waals surface area contributed by atoms with E-state index in [1.54, 1.807) is 16.8 Å². The molecule has 0 amide bonds. The van der Waals surface area contributed by atoms with Gasteiger partial charge >= 0.3 is 0 Å². The van der Waals surface area contributed by atoms with Gasteiger partial charge in [-0.25, -0.2) is 4.68 Å². The van der Waals surface area contributed by atoms with Gasteiger partial charge in [0.1, 0.15) is 0 Å². The highest BCUT2D eigenvalue weighted by Gasteiger charge is 2.17. The number of benzene rings is 2. The van der Waals surface area contributed by atoms with Crippen LogP contribution in [-0.2, 0) is 6.42 Å². The lowest BCUT2D eigenvalue weighted by Gasteiger charge is -2.03. The van der Waals surface area contributed by atoms with Gasteiger partial charge in [0.25, 0.3) is 0 Å². The molecule has 0 saturated carbocycles. The summed E-state index contributed by atoms with van der Waals surface area (Å²) in [5, 5.41) is 8.75. The van der Waals surface area contributed by atoms with Gasteiger partial charge in [-0.2, -0.15) is 0 Å². The van der Waals surface area contributed by atoms with Crippen molar-refractivity contribution in [3.63, 3.8) is 0 Å². The van der Waals surface area contributed by atoms with E-state index in [-0.39, 0.29) is 12.2 Å². The molecule has 0 radical (unpaired) electrons. The summed E-state index contributed by atoms with van der Waals surface area (Å²) in [6.07, 6.45) is 0.259. The number of carbonyl (C=O) groups excluding carboxylic acids is 1. The lowest BCUT2D eigenvalue weighted by atomic mass is 10.1. The van der Waals surface area contributed by atoms with Crippen LogP contribution in [0, 0.1) is 6.92 Å². The summed E-state index contributed by atoms with van der Waals surface area (Å²) in [6, 6.07) is 16.9. The monoisotopic (exact) mass is 311 g/mol. The molecule has 0 spiro atoms. The van der Waals surface area contributed by atoms with Crippen molar-refractivity contribution in [1.29, 1.82) is 0 Å². The van der Waals surface area contributed by atoms with E-state index < -0.39 is 0 Å². The second kappa shape index (κ2) is 6.12. The minimum Gasteiger partial charge on any atom is -0.292 e. The maximum Gasteiger partial charge on any atom is 0.189 e. The number of Topliss-reactive ketones (excluding diaryl/α,β-unsaturated/α-hetero) is 1. The molecule has 3 rings (SSSR count). The molecular weight excluding hydrogens is 298 g/mol. The highest BCUT2D eigenvalue weighted by molar-refractivity contribution is 6.30. The molecule has 0 aliphatic rings. The highest BCUT2D eigenvalue weighted by atomic mass is 35.5. The summed E-state index contributed by atoms with van der Waals surface area (Å²) in [7, 11) is 0. The number of carbonyl (C=O) groups is 1. The second-order valence-corrected chi connectivity index (χ2v) is 5.44. The van der Waals surface area contributed by atoms with Gasteiger partial charge in [-0.1, -0.05) is 47.1 Å². The van der Waals surface area contributed by atoms with Crippen molar-refractivity contribution in [3.8, 4) is 5.69 Å². The van der Waals surface area contributed by atoms with Crippen LogP contribution in [0.25, 0.3) is 5.69 Å². The Kier molecular flexibility index (Phi) is 4.02. The summed E-state index contributed by atoms with van der Waals surface area (Å²) >= 11 is 5.95. The standard InChI is InChI=1S/C17H14ClN3O/c1-12-17(16(22)11-13-6-5-7-14(18)10-13)19-20-21(12)15-8-3-2-4-9-15/h2-10H,11H2,1H3. The summed E-state index contributed by atoms with van der Waals surface area (Å²) in [5.41, 5.74) is 2.88. The zero-order valence-electron chi connectivity index (χ0n) is 12.0. The number of hydrogen-bond donors (Lipinski definition) is 0. The smallest absolute Gasteiger partial charge is 0.189 e. The second-order valence-electron chi connectivity index (χ2n) is 5.00. The topological polar surface area (TPSA) is 47.8 Å². The van der Waals surface area contributed by atoms with Crippen molar-refractivity contribution in [2.45, 2.75) is 13.3 Å². The minimum atomic E-state index is -0.0676. The van der Waals surface area contributed by atoms with E-state index in [1.165, 1.54) is 0 Å². The number of para-hydroxylation sites is 1. The van der Waals surface area contributed by atoms with Crippen LogP contribution in [0.4, 0.5) is 0 Å². The quantitative estimate of drug-likeness (QED) is 0.691. The Labute approximate surface area is 133 Å². The fourth-order valence-corrected chi connectivity index (χ4v) is 2.53. The van der Waals surface area contributed by atoms with Crippen molar-refractivity contribution in [2.75, 3.05) is 0 Å². The molecule has 0 fully saturated rings. The molecule has 0 atom stereocenters. The molecule has 3 aromatic rings. The van der Waals surface area contributed by atoms with Gasteiger partial charge in [0, 0.05) is 11.4 Å². The van der Waals surface area contributed by atoms with Crippen LogP contribution in [0.1, 0.15) is 21.7 Å². The molecule has 0 N–H and O–H groups in total. The van der Waals surface area contributed by atoms with Gasteiger partial charge in [-0.15, -0.1) is 5.10 Å². The molecule has 5 heteroatoms. The van der Waals surface area contributed by atoms with Crippen LogP contribution >= 0.6 is 11.6 Å². The van der Waals surface area contributed by atoms with Crippen molar-refractivity contribution in [2.24, 2.45) is 0 Å². The van der Waals surface area contributed by atoms with E-state index in [4.69, 9.17) is 11.6 Å². The molecule has 0 unspecified atom stereocenters. The van der Waals surface area contributed by atoms with E-state index in [9.17, 15) is 4.79 Å². The van der Waals surface area contributed by atoms with Crippen LogP contribution in [0.5, 0.6) is 0 Å². The largest absolute Gasteiger partial charge is 0.292 e. The number of hydrogen-bond acceptors (Lipinski definition) is 3. The van der Waals surface area contributed by atoms with Crippen LogP contribution in [0.15, 0.2) is 54.6 Å². The number of nitrogens with zero attached hydrogens (tertiary/aromatic N) is 3. The summed E-state index contributed by atoms with van der Waals surface area (Å²) < 4.78 is 1.67. The summed E-state index contributed by atoms with van der Waals surface area (Å²) in [4.78, 5) is 12.4. The fraction of sp³-hybridized carbons (Fsp3) is 0.118. The van der Waals surface area contributed by atoms with Crippen molar-refractivity contribution < 1.29 is 4.79 Å². The zero-order chi connectivity index (χ0) is 15.5. The third kappa shape index (κ3) is 2.92. The zero-order valence-corrected chi connectivity index (χ0v) is 12.8. The summed E-state index contributed by atoms with van der Waals surface area (Å²) in [5.74, 6) is -0.0676. The van der Waals surface area contributed by atoms with Gasteiger partial charge in [0.15, 0.2) is 11.5 Å². The molecule has 110 valence electrons. The van der Waals surface area contributed by atoms with Crippen molar-refractivity contribution in [3.05, 3.63) is 76.6 Å². The van der Waals surface area contributed by atoms with E-state index in [1.807, 2.05) is 49.4 Å². The van der Waals surface area contributed by atoms with Gasteiger partial charge in [-0.05, 0) is 36.8 Å². The van der Waals surface area contributed by atoms with E-state index >= 15 is 0 Å². The highest BCUT2D eigenvalue weighted by Crippen LogP contribution is 2.16. The van der Waals surface area contributed by atoms with Gasteiger partial charge in [-0.3, -0.25) is 4.79 Å². The number of aromatic nitrogens is 3. The van der Waals surface area contributed by atoms with E-state index in [0.717, 1.165) is 16.9 Å². The van der Waals surface area contributed by atoms with Crippen LogP contribution < -0.4 is 0 Å². The van der Waals surface area contributed by atoms with Crippen LogP contribution in [0.3, 0.4) is 0 Å². The van der Waals surface area contributed by atoms with Crippen molar-refractivity contribution in [1.82, 2.24) is 15.0 Å². The maximum atomic E-state index is 12.4. The Hall–Kier alpha value is -2.46. The third-order valence-electron chi connectivity index (χ3n) is 3.41. The average molecular weight is 312 g/mol. The first-order valence-corrected chi connectivity index (χ1v) is 7.28. The molecule has 0 bridgehead atoms. The lowest BCUT2D eigenvalue weighted by Crippen LogP contribution is -2.07. The molecule has 22 heavy (non-hydrogen) atoms. The predicted octanol–water partition coefficient (Wildman–Crippen LogP) is 3.65. The SMILES string of the molecule is Cc1c(C(=O)Cc2cccc(Cl)c2)nnn1-c1ccccc1. The molecule has 0 aliphatic heterocycles. The molecule has 2 aromatic carbocycles. The molecule has 0 aliphatic carbocycles. The van der Waals surface area contributed by atoms with Crippen LogP contribution in [0.2, 0.25) is 5.02 Å².